The van der Waals surface area contributed by atoms with Crippen molar-refractivity contribution in [3.8, 4) is 0 Å². The predicted molar refractivity (Wildman–Crippen MR) is 67.9 cm³/mol. The molecule has 0 bridgehead atoms. The van der Waals surface area contributed by atoms with Crippen LogP contribution in [0, 0.1) is 0 Å². The molecule has 3 N–H and O–H groups in total. The Labute approximate surface area is 108 Å². The molecule has 6 nitrogen and oxygen atoms in total. The van der Waals surface area contributed by atoms with Crippen LogP contribution in [0.5, 0.6) is 0 Å². The highest BCUT2D eigenvalue weighted by Gasteiger charge is 2.30. The summed E-state index contributed by atoms with van der Waals surface area (Å²) >= 11 is 0. The van der Waals surface area contributed by atoms with Gasteiger partial charge in [-0.1, -0.05) is 6.92 Å². The van der Waals surface area contributed by atoms with Gasteiger partial charge in [-0.3, -0.25) is 9.59 Å². The maximum absolute atomic E-state index is 12.1. The Kier molecular flexibility index (Phi) is 5.10. The Bertz CT molecular complexity index is 312. The van der Waals surface area contributed by atoms with E-state index in [0.29, 0.717) is 32.7 Å². The Balaban J connectivity index is 2.51. The number of morpholine rings is 1. The van der Waals surface area contributed by atoms with Crippen LogP contribution >= 0.6 is 0 Å². The molecular formula is C12H23N3O3. The van der Waals surface area contributed by atoms with Gasteiger partial charge in [0.15, 0.2) is 0 Å². The van der Waals surface area contributed by atoms with E-state index in [-0.39, 0.29) is 11.8 Å². The monoisotopic (exact) mass is 257 g/mol. The van der Waals surface area contributed by atoms with E-state index >= 15 is 0 Å². The van der Waals surface area contributed by atoms with Crippen molar-refractivity contribution >= 4 is 11.8 Å². The van der Waals surface area contributed by atoms with Crippen LogP contribution in [0.25, 0.3) is 0 Å². The molecule has 18 heavy (non-hydrogen) atoms. The second-order valence-electron chi connectivity index (χ2n) is 4.90. The van der Waals surface area contributed by atoms with E-state index < -0.39 is 11.6 Å². The third-order valence-corrected chi connectivity index (χ3v) is 3.29. The van der Waals surface area contributed by atoms with Crippen LogP contribution in [0.1, 0.15) is 27.2 Å². The van der Waals surface area contributed by atoms with Gasteiger partial charge >= 0.3 is 0 Å². The molecule has 0 spiro atoms. The minimum Gasteiger partial charge on any atom is -0.378 e. The van der Waals surface area contributed by atoms with Crippen LogP contribution in [0.3, 0.4) is 0 Å². The Morgan fingerprint density at radius 2 is 2.00 bits per heavy atom. The molecule has 2 unspecified atom stereocenters. The molecule has 1 aliphatic heterocycles. The first-order chi connectivity index (χ1) is 8.38. The zero-order valence-corrected chi connectivity index (χ0v) is 11.4. The van der Waals surface area contributed by atoms with Crippen molar-refractivity contribution in [3.63, 3.8) is 0 Å². The number of amides is 2. The largest absolute Gasteiger partial charge is 0.378 e. The van der Waals surface area contributed by atoms with E-state index in [2.05, 4.69) is 5.32 Å². The lowest BCUT2D eigenvalue weighted by Gasteiger charge is -2.31. The molecule has 0 saturated carbocycles. The second kappa shape index (κ2) is 6.15. The zero-order valence-electron chi connectivity index (χ0n) is 11.4. The molecule has 1 saturated heterocycles. The lowest BCUT2D eigenvalue weighted by atomic mass is 9.99. The van der Waals surface area contributed by atoms with E-state index in [4.69, 9.17) is 10.5 Å². The van der Waals surface area contributed by atoms with E-state index in [1.54, 1.807) is 18.7 Å². The van der Waals surface area contributed by atoms with Gasteiger partial charge in [0.2, 0.25) is 11.8 Å². The van der Waals surface area contributed by atoms with Gasteiger partial charge in [-0.05, 0) is 20.3 Å². The summed E-state index contributed by atoms with van der Waals surface area (Å²) in [4.78, 5) is 25.6. The number of hydrogen-bond donors (Lipinski definition) is 2. The normalized spacial score (nSPS) is 21.0. The highest BCUT2D eigenvalue weighted by atomic mass is 16.5. The summed E-state index contributed by atoms with van der Waals surface area (Å²) in [6.45, 7) is 7.44. The van der Waals surface area contributed by atoms with E-state index in [9.17, 15) is 9.59 Å². The molecule has 104 valence electrons. The number of rotatable bonds is 4. The van der Waals surface area contributed by atoms with Crippen molar-refractivity contribution in [3.05, 3.63) is 0 Å². The Morgan fingerprint density at radius 3 is 2.50 bits per heavy atom. The molecular weight excluding hydrogens is 234 g/mol. The van der Waals surface area contributed by atoms with Gasteiger partial charge in [0, 0.05) is 13.1 Å². The van der Waals surface area contributed by atoms with Crippen LogP contribution < -0.4 is 11.1 Å². The lowest BCUT2D eigenvalue weighted by Crippen LogP contribution is -2.57. The number of nitrogens with one attached hydrogen (secondary N) is 1. The fourth-order valence-electron chi connectivity index (χ4n) is 1.64. The standard InChI is InChI=1S/C12H23N3O3/c1-4-12(3,13)11(17)14-9(2)10(16)15-5-7-18-8-6-15/h9H,4-8,13H2,1-3H3,(H,14,17). The van der Waals surface area contributed by atoms with E-state index in [1.165, 1.54) is 0 Å². The summed E-state index contributed by atoms with van der Waals surface area (Å²) in [6, 6.07) is -0.551. The Hall–Kier alpha value is -1.14. The molecule has 2 amide bonds. The first-order valence-corrected chi connectivity index (χ1v) is 6.35. The average Bonchev–Trinajstić information content (AvgIpc) is 2.38. The van der Waals surface area contributed by atoms with Crippen molar-refractivity contribution in [2.75, 3.05) is 26.3 Å². The predicted octanol–water partition coefficient (Wildman–Crippen LogP) is -0.523. The van der Waals surface area contributed by atoms with Crippen molar-refractivity contribution < 1.29 is 14.3 Å². The second-order valence-corrected chi connectivity index (χ2v) is 4.90. The summed E-state index contributed by atoms with van der Waals surface area (Å²) in [5, 5.41) is 2.67. The first-order valence-electron chi connectivity index (χ1n) is 6.35. The highest BCUT2D eigenvalue weighted by Crippen LogP contribution is 2.06. The number of nitrogens with two attached hydrogens (primary N) is 1. The molecule has 0 aromatic carbocycles. The molecule has 1 rings (SSSR count). The fraction of sp³-hybridized carbons (Fsp3) is 0.833. The van der Waals surface area contributed by atoms with E-state index in [0.717, 1.165) is 0 Å². The highest BCUT2D eigenvalue weighted by molar-refractivity contribution is 5.91. The van der Waals surface area contributed by atoms with Gasteiger partial charge in [-0.2, -0.15) is 0 Å². The SMILES string of the molecule is CCC(C)(N)C(=O)NC(C)C(=O)N1CCOCC1. The molecule has 1 fully saturated rings. The van der Waals surface area contributed by atoms with Gasteiger partial charge < -0.3 is 20.7 Å². The summed E-state index contributed by atoms with van der Waals surface area (Å²) in [5.74, 6) is -0.377. The van der Waals surface area contributed by atoms with Crippen LogP contribution in [0.4, 0.5) is 0 Å². The molecule has 6 heteroatoms. The number of hydrogen-bond acceptors (Lipinski definition) is 4. The number of carbonyl (C=O) groups excluding carboxylic acids is 2. The smallest absolute Gasteiger partial charge is 0.245 e. The topological polar surface area (TPSA) is 84.7 Å². The molecule has 0 aliphatic carbocycles. The van der Waals surface area contributed by atoms with Crippen LogP contribution in [0.15, 0.2) is 0 Å². The molecule has 0 radical (unpaired) electrons. The maximum atomic E-state index is 12.1. The van der Waals surface area contributed by atoms with Crippen LogP contribution in [-0.2, 0) is 14.3 Å². The molecule has 1 aliphatic rings. The van der Waals surface area contributed by atoms with Crippen molar-refractivity contribution in [2.24, 2.45) is 5.73 Å². The summed E-state index contributed by atoms with van der Waals surface area (Å²) < 4.78 is 5.18. The minimum absolute atomic E-state index is 0.0847. The van der Waals surface area contributed by atoms with Gasteiger partial charge in [-0.25, -0.2) is 0 Å². The lowest BCUT2D eigenvalue weighted by molar-refractivity contribution is -0.140. The zero-order chi connectivity index (χ0) is 13.8. The Morgan fingerprint density at radius 1 is 1.44 bits per heavy atom. The van der Waals surface area contributed by atoms with E-state index in [1.807, 2.05) is 6.92 Å². The maximum Gasteiger partial charge on any atom is 0.245 e. The third kappa shape index (κ3) is 3.68. The minimum atomic E-state index is -0.931. The van der Waals surface area contributed by atoms with Crippen molar-refractivity contribution in [2.45, 2.75) is 38.8 Å². The van der Waals surface area contributed by atoms with Gasteiger partial charge in [0.05, 0.1) is 18.8 Å². The van der Waals surface area contributed by atoms with Crippen molar-refractivity contribution in [1.82, 2.24) is 10.2 Å². The summed E-state index contributed by atoms with van der Waals surface area (Å²) in [7, 11) is 0. The molecule has 0 aromatic rings. The van der Waals surface area contributed by atoms with Gasteiger partial charge in [-0.15, -0.1) is 0 Å². The quantitative estimate of drug-likeness (QED) is 0.709. The molecule has 1 heterocycles. The third-order valence-electron chi connectivity index (χ3n) is 3.29. The van der Waals surface area contributed by atoms with Gasteiger partial charge in [0.25, 0.3) is 0 Å². The summed E-state index contributed by atoms with van der Waals surface area (Å²) in [5.41, 5.74) is 4.90. The fourth-order valence-corrected chi connectivity index (χ4v) is 1.64. The molecule has 2 atom stereocenters. The van der Waals surface area contributed by atoms with Crippen LogP contribution in [0.2, 0.25) is 0 Å². The van der Waals surface area contributed by atoms with Crippen LogP contribution in [-0.4, -0.2) is 54.6 Å². The first kappa shape index (κ1) is 14.9. The average molecular weight is 257 g/mol. The number of carbonyl (C=O) groups is 2. The number of ether oxygens (including phenoxy) is 1. The summed E-state index contributed by atoms with van der Waals surface area (Å²) in [6.07, 6.45) is 0.525. The number of nitrogens with zero attached hydrogens (tertiary/aromatic N) is 1. The van der Waals surface area contributed by atoms with Crippen molar-refractivity contribution in [1.29, 1.82) is 0 Å². The molecule has 0 aromatic heterocycles. The van der Waals surface area contributed by atoms with Gasteiger partial charge in [0.1, 0.15) is 6.04 Å².